The molecule has 28 heavy (non-hydrogen) atoms. The van der Waals surface area contributed by atoms with Crippen molar-refractivity contribution in [1.82, 2.24) is 25.3 Å². The minimum Gasteiger partial charge on any atom is -0.383 e. The lowest BCUT2D eigenvalue weighted by molar-refractivity contribution is -0.133. The van der Waals surface area contributed by atoms with Gasteiger partial charge in [0.25, 0.3) is 11.8 Å². The Bertz CT molecular complexity index is 756. The number of rotatable bonds is 6. The number of likely N-dealkylation sites (N-methyl/N-ethyl adjacent to an activating group) is 1. The smallest absolute Gasteiger partial charge is 0.272 e. The summed E-state index contributed by atoms with van der Waals surface area (Å²) < 4.78 is 6.38. The fourth-order valence-corrected chi connectivity index (χ4v) is 3.78. The fourth-order valence-electron chi connectivity index (χ4n) is 3.78. The molecule has 0 bridgehead atoms. The van der Waals surface area contributed by atoms with E-state index in [2.05, 4.69) is 15.7 Å². The molecule has 0 saturated heterocycles. The van der Waals surface area contributed by atoms with Gasteiger partial charge in [0.2, 0.25) is 5.91 Å². The topological polar surface area (TPSA) is 106 Å². The highest BCUT2D eigenvalue weighted by atomic mass is 16.5. The largest absolute Gasteiger partial charge is 0.383 e. The molecule has 2 aliphatic rings. The zero-order valence-electron chi connectivity index (χ0n) is 16.8. The van der Waals surface area contributed by atoms with Crippen LogP contribution in [0.4, 0.5) is 0 Å². The fraction of sp³-hybridized carbons (Fsp3) is 0.684. The molecule has 0 radical (unpaired) electrons. The Kier molecular flexibility index (Phi) is 6.02. The van der Waals surface area contributed by atoms with Gasteiger partial charge in [0.15, 0.2) is 5.69 Å². The van der Waals surface area contributed by atoms with Gasteiger partial charge in [0, 0.05) is 32.8 Å². The molecule has 1 fully saturated rings. The first-order valence-corrected chi connectivity index (χ1v) is 9.81. The minimum atomic E-state index is -1.06. The highest BCUT2D eigenvalue weighted by molar-refractivity contribution is 6.01. The van der Waals surface area contributed by atoms with E-state index >= 15 is 0 Å². The molecule has 0 unspecified atom stereocenters. The number of ether oxygens (including phenoxy) is 1. The van der Waals surface area contributed by atoms with Crippen molar-refractivity contribution < 1.29 is 19.1 Å². The van der Waals surface area contributed by atoms with Crippen LogP contribution < -0.4 is 10.6 Å². The molecule has 9 nitrogen and oxygen atoms in total. The first-order chi connectivity index (χ1) is 13.4. The molecule has 1 saturated carbocycles. The van der Waals surface area contributed by atoms with Gasteiger partial charge in [-0.1, -0.05) is 19.3 Å². The second-order valence-electron chi connectivity index (χ2n) is 7.77. The molecule has 3 rings (SSSR count). The summed E-state index contributed by atoms with van der Waals surface area (Å²) in [6.07, 6.45) is 5.37. The molecule has 9 heteroatoms. The van der Waals surface area contributed by atoms with Crippen LogP contribution in [0.3, 0.4) is 0 Å². The van der Waals surface area contributed by atoms with Crippen molar-refractivity contribution in [3.8, 4) is 0 Å². The zero-order chi connectivity index (χ0) is 20.3. The number of hydrogen-bond acceptors (Lipinski definition) is 5. The van der Waals surface area contributed by atoms with Crippen LogP contribution in [0.2, 0.25) is 0 Å². The van der Waals surface area contributed by atoms with Crippen LogP contribution in [0, 0.1) is 0 Å². The maximum Gasteiger partial charge on any atom is 0.272 e. The van der Waals surface area contributed by atoms with Crippen LogP contribution in [-0.4, -0.2) is 71.3 Å². The number of nitrogens with one attached hydrogen (secondary N) is 2. The Hall–Kier alpha value is -2.42. The van der Waals surface area contributed by atoms with E-state index in [-0.39, 0.29) is 36.0 Å². The SMILES string of the molecule is COCCNC(=O)c1cc2n(n1)C[C@@](C)(C(=O)NC1CCCCC1)N(C)C2=O. The lowest BCUT2D eigenvalue weighted by atomic mass is 9.92. The molecular weight excluding hydrogens is 362 g/mol. The molecule has 154 valence electrons. The molecule has 1 aromatic heterocycles. The number of amides is 3. The molecule has 2 heterocycles. The first-order valence-electron chi connectivity index (χ1n) is 9.81. The Morgan fingerprint density at radius 2 is 2.04 bits per heavy atom. The van der Waals surface area contributed by atoms with E-state index in [0.717, 1.165) is 25.7 Å². The molecule has 2 N–H and O–H groups in total. The zero-order valence-corrected chi connectivity index (χ0v) is 16.8. The maximum absolute atomic E-state index is 13.0. The summed E-state index contributed by atoms with van der Waals surface area (Å²) in [7, 11) is 3.17. The normalized spacial score (nSPS) is 22.7. The Morgan fingerprint density at radius 3 is 2.71 bits per heavy atom. The van der Waals surface area contributed by atoms with E-state index in [1.807, 2.05) is 0 Å². The highest BCUT2D eigenvalue weighted by Gasteiger charge is 2.46. The summed E-state index contributed by atoms with van der Waals surface area (Å²) >= 11 is 0. The average molecular weight is 391 g/mol. The number of fused-ring (bicyclic) bond motifs is 1. The van der Waals surface area contributed by atoms with Gasteiger partial charge in [0.1, 0.15) is 11.2 Å². The molecule has 0 spiro atoms. The van der Waals surface area contributed by atoms with E-state index in [0.29, 0.717) is 18.8 Å². The van der Waals surface area contributed by atoms with Crippen molar-refractivity contribution in [3.63, 3.8) is 0 Å². The van der Waals surface area contributed by atoms with E-state index in [1.54, 1.807) is 21.1 Å². The minimum absolute atomic E-state index is 0.155. The molecule has 1 aliphatic heterocycles. The van der Waals surface area contributed by atoms with Gasteiger partial charge in [-0.25, -0.2) is 0 Å². The van der Waals surface area contributed by atoms with E-state index in [4.69, 9.17) is 4.74 Å². The van der Waals surface area contributed by atoms with Crippen LogP contribution in [-0.2, 0) is 16.1 Å². The van der Waals surface area contributed by atoms with Crippen LogP contribution in [0.1, 0.15) is 60.0 Å². The third kappa shape index (κ3) is 3.89. The second-order valence-corrected chi connectivity index (χ2v) is 7.77. The van der Waals surface area contributed by atoms with Gasteiger partial charge in [-0.2, -0.15) is 5.10 Å². The van der Waals surface area contributed by atoms with Crippen molar-refractivity contribution in [2.24, 2.45) is 0 Å². The Balaban J connectivity index is 1.76. The van der Waals surface area contributed by atoms with Gasteiger partial charge in [-0.15, -0.1) is 0 Å². The van der Waals surface area contributed by atoms with E-state index in [9.17, 15) is 14.4 Å². The van der Waals surface area contributed by atoms with Crippen molar-refractivity contribution in [1.29, 1.82) is 0 Å². The summed E-state index contributed by atoms with van der Waals surface area (Å²) in [6.45, 7) is 2.69. The average Bonchev–Trinajstić information content (AvgIpc) is 3.11. The lowest BCUT2D eigenvalue weighted by Crippen LogP contribution is -2.63. The summed E-state index contributed by atoms with van der Waals surface area (Å²) in [4.78, 5) is 39.6. The molecule has 1 aliphatic carbocycles. The van der Waals surface area contributed by atoms with Crippen molar-refractivity contribution in [2.45, 2.75) is 57.2 Å². The summed E-state index contributed by atoms with van der Waals surface area (Å²) in [5.41, 5.74) is -0.593. The number of methoxy groups -OCH3 is 1. The standard InChI is InChI=1S/C19H29N5O4/c1-19(18(27)21-13-7-5-4-6-8-13)12-24-15(17(26)23(19)2)11-14(22-24)16(25)20-9-10-28-3/h11,13H,4-10,12H2,1-3H3,(H,20,25)(H,21,27)/t19-/m0/s1. The van der Waals surface area contributed by atoms with Crippen LogP contribution in [0.25, 0.3) is 0 Å². The summed E-state index contributed by atoms with van der Waals surface area (Å²) in [6, 6.07) is 1.63. The Labute approximate surface area is 164 Å². The molecule has 1 atom stereocenters. The predicted molar refractivity (Wildman–Crippen MR) is 102 cm³/mol. The number of carbonyl (C=O) groups excluding carboxylic acids is 3. The van der Waals surface area contributed by atoms with Gasteiger partial charge in [-0.3, -0.25) is 19.1 Å². The third-order valence-corrected chi connectivity index (χ3v) is 5.76. The monoisotopic (exact) mass is 391 g/mol. The third-order valence-electron chi connectivity index (χ3n) is 5.76. The van der Waals surface area contributed by atoms with Gasteiger partial charge < -0.3 is 20.3 Å². The number of aromatic nitrogens is 2. The van der Waals surface area contributed by atoms with Gasteiger partial charge in [0.05, 0.1) is 13.2 Å². The molecular formula is C19H29N5O4. The Morgan fingerprint density at radius 1 is 1.32 bits per heavy atom. The maximum atomic E-state index is 13.0. The van der Waals surface area contributed by atoms with Crippen molar-refractivity contribution in [3.05, 3.63) is 17.5 Å². The number of nitrogens with zero attached hydrogens (tertiary/aromatic N) is 3. The predicted octanol–water partition coefficient (Wildman–Crippen LogP) is 0.553. The second kappa shape index (κ2) is 8.30. The van der Waals surface area contributed by atoms with Crippen LogP contribution >= 0.6 is 0 Å². The number of hydrogen-bond donors (Lipinski definition) is 2. The lowest BCUT2D eigenvalue weighted by Gasteiger charge is -2.41. The molecule has 1 aromatic rings. The molecule has 0 aromatic carbocycles. The highest BCUT2D eigenvalue weighted by Crippen LogP contribution is 2.27. The van der Waals surface area contributed by atoms with Crippen molar-refractivity contribution >= 4 is 17.7 Å². The summed E-state index contributed by atoms with van der Waals surface area (Å²) in [5, 5.41) is 10.1. The van der Waals surface area contributed by atoms with Crippen LogP contribution in [0.15, 0.2) is 6.07 Å². The molecule has 3 amide bonds. The summed E-state index contributed by atoms with van der Waals surface area (Å²) in [5.74, 6) is -0.874. The van der Waals surface area contributed by atoms with Gasteiger partial charge in [-0.05, 0) is 19.8 Å². The number of carbonyl (C=O) groups is 3. The quantitative estimate of drug-likeness (QED) is 0.689. The van der Waals surface area contributed by atoms with Gasteiger partial charge >= 0.3 is 0 Å². The van der Waals surface area contributed by atoms with E-state index in [1.165, 1.54) is 22.1 Å². The van der Waals surface area contributed by atoms with Crippen molar-refractivity contribution in [2.75, 3.05) is 27.3 Å². The van der Waals surface area contributed by atoms with E-state index < -0.39 is 5.54 Å². The van der Waals surface area contributed by atoms with Crippen LogP contribution in [0.5, 0.6) is 0 Å². The first kappa shape index (κ1) is 20.3.